The number of alkyl halides is 2. The summed E-state index contributed by atoms with van der Waals surface area (Å²) in [6, 6.07) is 18.6. The molecule has 0 radical (unpaired) electrons. The van der Waals surface area contributed by atoms with Gasteiger partial charge in [0.1, 0.15) is 12.8 Å². The standard InChI is InChI=1S/C18H16ClFO2/c19-12-16(20)13-22-18(21)17(15-9-5-2-6-10-15)11-14-7-3-1-4-8-14/h1-11,16H,12-13H2/b17-11+. The quantitative estimate of drug-likeness (QED) is 0.342. The van der Waals surface area contributed by atoms with Gasteiger partial charge in [0.05, 0.1) is 11.5 Å². The summed E-state index contributed by atoms with van der Waals surface area (Å²) in [5.41, 5.74) is 1.97. The lowest BCUT2D eigenvalue weighted by Crippen LogP contribution is -2.17. The number of benzene rings is 2. The molecule has 2 aromatic rings. The zero-order chi connectivity index (χ0) is 15.8. The lowest BCUT2D eigenvalue weighted by atomic mass is 10.0. The largest absolute Gasteiger partial charge is 0.459 e. The van der Waals surface area contributed by atoms with Gasteiger partial charge in [0.25, 0.3) is 0 Å². The minimum Gasteiger partial charge on any atom is -0.459 e. The fourth-order valence-electron chi connectivity index (χ4n) is 1.88. The molecule has 0 heterocycles. The molecule has 2 rings (SSSR count). The van der Waals surface area contributed by atoms with Crippen LogP contribution < -0.4 is 0 Å². The number of halogens is 2. The van der Waals surface area contributed by atoms with E-state index in [-0.39, 0.29) is 12.5 Å². The van der Waals surface area contributed by atoms with E-state index >= 15 is 0 Å². The number of esters is 1. The second-order valence-corrected chi connectivity index (χ2v) is 4.99. The zero-order valence-electron chi connectivity index (χ0n) is 11.9. The molecule has 1 unspecified atom stereocenters. The van der Waals surface area contributed by atoms with Crippen LogP contribution in [0, 0.1) is 0 Å². The third-order valence-electron chi connectivity index (χ3n) is 2.98. The second-order valence-electron chi connectivity index (χ2n) is 4.68. The maximum atomic E-state index is 13.2. The Bertz CT molecular complexity index is 626. The van der Waals surface area contributed by atoms with Gasteiger partial charge >= 0.3 is 5.97 Å². The third kappa shape index (κ3) is 4.71. The Kier molecular flexibility index (Phi) is 6.16. The fourth-order valence-corrected chi connectivity index (χ4v) is 1.97. The van der Waals surface area contributed by atoms with Crippen molar-refractivity contribution in [3.8, 4) is 0 Å². The van der Waals surface area contributed by atoms with Gasteiger partial charge in [-0.25, -0.2) is 9.18 Å². The molecule has 0 amide bonds. The van der Waals surface area contributed by atoms with Gasteiger partial charge < -0.3 is 4.74 Å². The second kappa shape index (κ2) is 8.35. The molecular formula is C18H16ClFO2. The Morgan fingerprint density at radius 1 is 1.09 bits per heavy atom. The van der Waals surface area contributed by atoms with Gasteiger partial charge in [0.2, 0.25) is 0 Å². The Balaban J connectivity index is 2.26. The molecule has 0 aliphatic carbocycles. The van der Waals surface area contributed by atoms with Crippen LogP contribution in [0.15, 0.2) is 60.7 Å². The highest BCUT2D eigenvalue weighted by atomic mass is 35.5. The SMILES string of the molecule is O=C(OCC(F)CCl)/C(=C/c1ccccc1)c1ccccc1. The van der Waals surface area contributed by atoms with Crippen molar-refractivity contribution in [3.05, 3.63) is 71.8 Å². The Morgan fingerprint density at radius 2 is 1.68 bits per heavy atom. The van der Waals surface area contributed by atoms with Gasteiger partial charge in [0, 0.05) is 0 Å². The van der Waals surface area contributed by atoms with Gasteiger partial charge in [-0.3, -0.25) is 0 Å². The van der Waals surface area contributed by atoms with E-state index in [0.29, 0.717) is 5.57 Å². The topological polar surface area (TPSA) is 26.3 Å². The molecule has 114 valence electrons. The number of ether oxygens (including phenoxy) is 1. The van der Waals surface area contributed by atoms with Crippen LogP contribution in [0.4, 0.5) is 4.39 Å². The Hall–Kier alpha value is -2.13. The van der Waals surface area contributed by atoms with Crippen molar-refractivity contribution in [2.45, 2.75) is 6.17 Å². The molecular weight excluding hydrogens is 303 g/mol. The first-order valence-corrected chi connectivity index (χ1v) is 7.43. The van der Waals surface area contributed by atoms with Gasteiger partial charge in [0.15, 0.2) is 0 Å². The van der Waals surface area contributed by atoms with Crippen LogP contribution in [0.1, 0.15) is 11.1 Å². The van der Waals surface area contributed by atoms with Crippen LogP contribution in [0.25, 0.3) is 11.6 Å². The molecule has 0 saturated carbocycles. The van der Waals surface area contributed by atoms with Crippen LogP contribution in [0.2, 0.25) is 0 Å². The molecule has 2 nitrogen and oxygen atoms in total. The lowest BCUT2D eigenvalue weighted by Gasteiger charge is -2.10. The molecule has 1 atom stereocenters. The minimum atomic E-state index is -1.36. The van der Waals surface area contributed by atoms with E-state index in [4.69, 9.17) is 16.3 Å². The highest BCUT2D eigenvalue weighted by Crippen LogP contribution is 2.20. The summed E-state index contributed by atoms with van der Waals surface area (Å²) < 4.78 is 18.2. The normalized spacial score (nSPS) is 12.7. The van der Waals surface area contributed by atoms with Crippen LogP contribution >= 0.6 is 11.6 Å². The monoisotopic (exact) mass is 318 g/mol. The van der Waals surface area contributed by atoms with Crippen molar-refractivity contribution in [3.63, 3.8) is 0 Å². The molecule has 0 aromatic heterocycles. The average Bonchev–Trinajstić information content (AvgIpc) is 2.59. The summed E-state index contributed by atoms with van der Waals surface area (Å²) in [5.74, 6) is -0.765. The third-order valence-corrected chi connectivity index (χ3v) is 3.31. The van der Waals surface area contributed by atoms with Crippen molar-refractivity contribution in [1.82, 2.24) is 0 Å². The number of carbonyl (C=O) groups excluding carboxylic acids is 1. The van der Waals surface area contributed by atoms with Gasteiger partial charge in [-0.2, -0.15) is 0 Å². The molecule has 0 N–H and O–H groups in total. The van der Waals surface area contributed by atoms with Crippen molar-refractivity contribution < 1.29 is 13.9 Å². The molecule has 4 heteroatoms. The summed E-state index contributed by atoms with van der Waals surface area (Å²) in [4.78, 5) is 12.3. The molecule has 22 heavy (non-hydrogen) atoms. The first-order chi connectivity index (χ1) is 10.7. The fraction of sp³-hybridized carbons (Fsp3) is 0.167. The first kappa shape index (κ1) is 16.2. The van der Waals surface area contributed by atoms with E-state index in [0.717, 1.165) is 11.1 Å². The lowest BCUT2D eigenvalue weighted by molar-refractivity contribution is -0.137. The van der Waals surface area contributed by atoms with E-state index in [1.807, 2.05) is 60.7 Å². The number of rotatable bonds is 6. The predicted molar refractivity (Wildman–Crippen MR) is 87.3 cm³/mol. The highest BCUT2D eigenvalue weighted by Gasteiger charge is 2.16. The van der Waals surface area contributed by atoms with Gasteiger partial charge in [-0.05, 0) is 17.2 Å². The van der Waals surface area contributed by atoms with Crippen molar-refractivity contribution in [2.24, 2.45) is 0 Å². The Labute approximate surface area is 134 Å². The Morgan fingerprint density at radius 3 is 2.27 bits per heavy atom. The maximum Gasteiger partial charge on any atom is 0.338 e. The average molecular weight is 319 g/mol. The van der Waals surface area contributed by atoms with Gasteiger partial charge in [-0.15, -0.1) is 11.6 Å². The van der Waals surface area contributed by atoms with Gasteiger partial charge in [-0.1, -0.05) is 60.7 Å². The summed E-state index contributed by atoms with van der Waals surface area (Å²) in [7, 11) is 0. The van der Waals surface area contributed by atoms with E-state index in [1.54, 1.807) is 6.08 Å². The predicted octanol–water partition coefficient (Wildman–Crippen LogP) is 4.35. The van der Waals surface area contributed by atoms with E-state index in [9.17, 15) is 9.18 Å². The summed E-state index contributed by atoms with van der Waals surface area (Å²) in [5, 5.41) is 0. The summed E-state index contributed by atoms with van der Waals surface area (Å²) >= 11 is 5.38. The molecule has 0 aliphatic rings. The van der Waals surface area contributed by atoms with Crippen LogP contribution in [0.5, 0.6) is 0 Å². The maximum absolute atomic E-state index is 13.2. The molecule has 0 aliphatic heterocycles. The van der Waals surface area contributed by atoms with E-state index < -0.39 is 12.1 Å². The smallest absolute Gasteiger partial charge is 0.338 e. The van der Waals surface area contributed by atoms with Crippen LogP contribution in [0.3, 0.4) is 0 Å². The van der Waals surface area contributed by atoms with Crippen molar-refractivity contribution in [1.29, 1.82) is 0 Å². The van der Waals surface area contributed by atoms with Crippen molar-refractivity contribution >= 4 is 29.2 Å². The minimum absolute atomic E-state index is 0.198. The molecule has 0 fully saturated rings. The number of carbonyl (C=O) groups is 1. The number of hydrogen-bond acceptors (Lipinski definition) is 2. The summed E-state index contributed by atoms with van der Waals surface area (Å²) in [6.45, 7) is -0.346. The molecule has 0 bridgehead atoms. The first-order valence-electron chi connectivity index (χ1n) is 6.90. The highest BCUT2D eigenvalue weighted by molar-refractivity contribution is 6.21. The van der Waals surface area contributed by atoms with E-state index in [2.05, 4.69) is 0 Å². The molecule has 0 spiro atoms. The van der Waals surface area contributed by atoms with Crippen molar-refractivity contribution in [2.75, 3.05) is 12.5 Å². The van der Waals surface area contributed by atoms with Crippen LogP contribution in [-0.2, 0) is 9.53 Å². The van der Waals surface area contributed by atoms with E-state index in [1.165, 1.54) is 0 Å². The number of hydrogen-bond donors (Lipinski definition) is 0. The molecule has 2 aromatic carbocycles. The zero-order valence-corrected chi connectivity index (χ0v) is 12.7. The molecule has 0 saturated heterocycles. The van der Waals surface area contributed by atoms with Crippen LogP contribution in [-0.4, -0.2) is 24.6 Å². The summed E-state index contributed by atoms with van der Waals surface area (Å²) in [6.07, 6.45) is 0.366.